The summed E-state index contributed by atoms with van der Waals surface area (Å²) in [5.74, 6) is 0.699. The molecule has 0 aromatic heterocycles. The molecular weight excluding hydrogens is 239 g/mol. The van der Waals surface area contributed by atoms with Gasteiger partial charge in [-0.1, -0.05) is 12.1 Å². The molecule has 1 aliphatic carbocycles. The van der Waals surface area contributed by atoms with Crippen molar-refractivity contribution in [2.75, 3.05) is 19.6 Å². The number of benzene rings is 1. The van der Waals surface area contributed by atoms with Gasteiger partial charge in [0.25, 0.3) is 0 Å². The van der Waals surface area contributed by atoms with Crippen LogP contribution in [0.1, 0.15) is 31.7 Å². The lowest BCUT2D eigenvalue weighted by molar-refractivity contribution is 0.195. The molecule has 104 valence electrons. The zero-order chi connectivity index (χ0) is 13.3. The molecule has 1 unspecified atom stereocenters. The van der Waals surface area contributed by atoms with E-state index in [0.717, 1.165) is 32.1 Å². The van der Waals surface area contributed by atoms with Crippen LogP contribution in [0.25, 0.3) is 0 Å². The van der Waals surface area contributed by atoms with Crippen LogP contribution in [-0.4, -0.2) is 30.1 Å². The summed E-state index contributed by atoms with van der Waals surface area (Å²) >= 11 is 0. The van der Waals surface area contributed by atoms with Crippen molar-refractivity contribution in [3.05, 3.63) is 35.6 Å². The lowest BCUT2D eigenvalue weighted by Gasteiger charge is -2.34. The maximum Gasteiger partial charge on any atom is 0.123 e. The number of hydrogen-bond acceptors (Lipinski definition) is 2. The minimum atomic E-state index is -0.149. The largest absolute Gasteiger partial charge is 0.310 e. The van der Waals surface area contributed by atoms with Gasteiger partial charge >= 0.3 is 0 Å². The molecule has 1 atom stereocenters. The smallest absolute Gasteiger partial charge is 0.123 e. The highest BCUT2D eigenvalue weighted by molar-refractivity contribution is 5.16. The van der Waals surface area contributed by atoms with Crippen molar-refractivity contribution in [1.29, 1.82) is 0 Å². The van der Waals surface area contributed by atoms with Gasteiger partial charge < -0.3 is 5.32 Å². The van der Waals surface area contributed by atoms with Crippen LogP contribution in [0.15, 0.2) is 24.3 Å². The van der Waals surface area contributed by atoms with Gasteiger partial charge in [-0.25, -0.2) is 4.39 Å². The highest BCUT2D eigenvalue weighted by Gasteiger charge is 2.42. The molecule has 2 fully saturated rings. The Labute approximate surface area is 115 Å². The zero-order valence-corrected chi connectivity index (χ0v) is 11.7. The van der Waals surface area contributed by atoms with Crippen LogP contribution in [0.2, 0.25) is 0 Å². The number of nitrogens with zero attached hydrogens (tertiary/aromatic N) is 1. The van der Waals surface area contributed by atoms with E-state index in [4.69, 9.17) is 0 Å². The van der Waals surface area contributed by atoms with Crippen molar-refractivity contribution >= 4 is 0 Å². The van der Waals surface area contributed by atoms with Crippen molar-refractivity contribution in [3.8, 4) is 0 Å². The third-order valence-electron chi connectivity index (χ3n) is 4.53. The summed E-state index contributed by atoms with van der Waals surface area (Å²) in [6.07, 6.45) is 3.94. The topological polar surface area (TPSA) is 15.3 Å². The molecule has 2 aliphatic rings. The molecule has 0 amide bonds. The Bertz CT molecular complexity index is 427. The lowest BCUT2D eigenvalue weighted by atomic mass is 9.95. The van der Waals surface area contributed by atoms with E-state index in [-0.39, 0.29) is 11.4 Å². The third-order valence-corrected chi connectivity index (χ3v) is 4.53. The molecule has 3 heteroatoms. The molecule has 1 heterocycles. The fraction of sp³-hybridized carbons (Fsp3) is 0.625. The normalized spacial score (nSPS) is 29.2. The summed E-state index contributed by atoms with van der Waals surface area (Å²) in [6, 6.07) is 6.93. The second-order valence-corrected chi connectivity index (χ2v) is 6.31. The van der Waals surface area contributed by atoms with Gasteiger partial charge in [0.15, 0.2) is 0 Å². The van der Waals surface area contributed by atoms with Gasteiger partial charge in [-0.2, -0.15) is 0 Å². The van der Waals surface area contributed by atoms with Crippen molar-refractivity contribution in [2.24, 2.45) is 5.92 Å². The Balaban J connectivity index is 1.67. The van der Waals surface area contributed by atoms with E-state index in [2.05, 4.69) is 17.1 Å². The molecule has 1 saturated carbocycles. The molecule has 1 aromatic carbocycles. The van der Waals surface area contributed by atoms with Crippen LogP contribution in [0.3, 0.4) is 0 Å². The lowest BCUT2D eigenvalue weighted by Crippen LogP contribution is -2.50. The average Bonchev–Trinajstić information content (AvgIpc) is 3.20. The number of nitrogens with one attached hydrogen (secondary N) is 1. The first-order valence-electron chi connectivity index (χ1n) is 7.37. The quantitative estimate of drug-likeness (QED) is 0.901. The van der Waals surface area contributed by atoms with Gasteiger partial charge in [-0.05, 0) is 62.9 Å². The highest BCUT2D eigenvalue weighted by Crippen LogP contribution is 2.40. The number of hydrogen-bond donors (Lipinski definition) is 1. The van der Waals surface area contributed by atoms with Crippen molar-refractivity contribution in [3.63, 3.8) is 0 Å². The maximum absolute atomic E-state index is 12.9. The van der Waals surface area contributed by atoms with Crippen LogP contribution in [0.5, 0.6) is 0 Å². The minimum Gasteiger partial charge on any atom is -0.310 e. The summed E-state index contributed by atoms with van der Waals surface area (Å²) in [6.45, 7) is 6.66. The van der Waals surface area contributed by atoms with Gasteiger partial charge in [-0.15, -0.1) is 0 Å². The van der Waals surface area contributed by atoms with E-state index in [9.17, 15) is 4.39 Å². The molecule has 2 nitrogen and oxygen atoms in total. The molecule has 1 N–H and O–H groups in total. The number of halogens is 1. The van der Waals surface area contributed by atoms with Gasteiger partial charge in [-0.3, -0.25) is 4.90 Å². The molecule has 19 heavy (non-hydrogen) atoms. The van der Waals surface area contributed by atoms with Crippen LogP contribution < -0.4 is 5.32 Å². The maximum atomic E-state index is 12.9. The fourth-order valence-electron chi connectivity index (χ4n) is 3.25. The monoisotopic (exact) mass is 262 g/mol. The Morgan fingerprint density at radius 2 is 2.05 bits per heavy atom. The van der Waals surface area contributed by atoms with Gasteiger partial charge in [0, 0.05) is 18.6 Å². The first-order chi connectivity index (χ1) is 9.16. The first kappa shape index (κ1) is 13.1. The van der Waals surface area contributed by atoms with Gasteiger partial charge in [0.05, 0.1) is 0 Å². The van der Waals surface area contributed by atoms with Crippen LogP contribution in [0, 0.1) is 11.7 Å². The van der Waals surface area contributed by atoms with E-state index >= 15 is 0 Å². The molecule has 1 saturated heterocycles. The first-order valence-corrected chi connectivity index (χ1v) is 7.37. The summed E-state index contributed by atoms with van der Waals surface area (Å²) in [7, 11) is 0. The van der Waals surface area contributed by atoms with Crippen molar-refractivity contribution < 1.29 is 4.39 Å². The molecule has 0 bridgehead atoms. The van der Waals surface area contributed by atoms with E-state index in [1.165, 1.54) is 24.8 Å². The van der Waals surface area contributed by atoms with Crippen LogP contribution in [0.4, 0.5) is 4.39 Å². The van der Waals surface area contributed by atoms with Gasteiger partial charge in [0.1, 0.15) is 5.82 Å². The summed E-state index contributed by atoms with van der Waals surface area (Å²) in [5, 5.41) is 3.74. The van der Waals surface area contributed by atoms with E-state index in [1.807, 2.05) is 12.1 Å². The molecule has 1 aromatic rings. The minimum absolute atomic E-state index is 0.149. The highest BCUT2D eigenvalue weighted by atomic mass is 19.1. The Kier molecular flexibility index (Phi) is 3.59. The molecule has 0 radical (unpaired) electrons. The Morgan fingerprint density at radius 3 is 2.74 bits per heavy atom. The second kappa shape index (κ2) is 5.22. The summed E-state index contributed by atoms with van der Waals surface area (Å²) in [5.41, 5.74) is 1.48. The van der Waals surface area contributed by atoms with Crippen molar-refractivity contribution in [2.45, 2.75) is 38.3 Å². The number of rotatable bonds is 3. The second-order valence-electron chi connectivity index (χ2n) is 6.31. The predicted octanol–water partition coefficient (Wildman–Crippen LogP) is 2.79. The molecule has 1 aliphatic heterocycles. The molecule has 3 rings (SSSR count). The van der Waals surface area contributed by atoms with E-state index in [1.54, 1.807) is 12.1 Å². The van der Waals surface area contributed by atoms with Crippen molar-refractivity contribution in [1.82, 2.24) is 10.2 Å². The standard InChI is InChI=1S/C16H23FN2/c1-16(14-5-6-14)12-19(10-2-9-18-16)11-13-3-7-15(17)8-4-13/h3-4,7-8,14,18H,2,5-6,9-12H2,1H3. The van der Waals surface area contributed by atoms with Gasteiger partial charge in [0.2, 0.25) is 0 Å². The predicted molar refractivity (Wildman–Crippen MR) is 75.4 cm³/mol. The zero-order valence-electron chi connectivity index (χ0n) is 11.7. The van der Waals surface area contributed by atoms with E-state index in [0.29, 0.717) is 0 Å². The summed E-state index contributed by atoms with van der Waals surface area (Å²) in [4.78, 5) is 2.52. The molecule has 0 spiro atoms. The SMILES string of the molecule is CC1(C2CC2)CN(Cc2ccc(F)cc2)CCCN1. The molecular formula is C16H23FN2. The average molecular weight is 262 g/mol. The fourth-order valence-corrected chi connectivity index (χ4v) is 3.25. The van der Waals surface area contributed by atoms with E-state index < -0.39 is 0 Å². The van der Waals surface area contributed by atoms with Crippen LogP contribution >= 0.6 is 0 Å². The Morgan fingerprint density at radius 1 is 1.32 bits per heavy atom. The summed E-state index contributed by atoms with van der Waals surface area (Å²) < 4.78 is 12.9. The van der Waals surface area contributed by atoms with Crippen LogP contribution in [-0.2, 0) is 6.54 Å². The Hall–Kier alpha value is -0.930. The third kappa shape index (κ3) is 3.15.